The highest BCUT2D eigenvalue weighted by Gasteiger charge is 2.44. The van der Waals surface area contributed by atoms with Crippen molar-refractivity contribution in [2.75, 3.05) is 24.7 Å². The summed E-state index contributed by atoms with van der Waals surface area (Å²) in [5.74, 6) is -0.860. The molecule has 0 unspecified atom stereocenters. The number of benzene rings is 1. The summed E-state index contributed by atoms with van der Waals surface area (Å²) < 4.78 is 44.5. The van der Waals surface area contributed by atoms with Gasteiger partial charge in [0, 0.05) is 6.54 Å². The molecule has 0 aliphatic carbocycles. The molecule has 1 aromatic carbocycles. The van der Waals surface area contributed by atoms with E-state index in [0.717, 1.165) is 0 Å². The second-order valence-corrected chi connectivity index (χ2v) is 11.3. The highest BCUT2D eigenvalue weighted by atomic mass is 32.2. The van der Waals surface area contributed by atoms with E-state index in [9.17, 15) is 22.4 Å². The number of halogens is 1. The number of ether oxygens (including phenoxy) is 1. The predicted molar refractivity (Wildman–Crippen MR) is 122 cm³/mol. The van der Waals surface area contributed by atoms with Crippen molar-refractivity contribution >= 4 is 21.8 Å². The summed E-state index contributed by atoms with van der Waals surface area (Å²) >= 11 is 0. The van der Waals surface area contributed by atoms with Gasteiger partial charge in [0.1, 0.15) is 5.54 Å². The number of hydrogen-bond acceptors (Lipinski definition) is 5. The minimum atomic E-state index is -3.35. The van der Waals surface area contributed by atoms with Crippen LogP contribution in [0.1, 0.15) is 52.5 Å². The molecule has 1 heterocycles. The van der Waals surface area contributed by atoms with Crippen LogP contribution in [0.25, 0.3) is 0 Å². The lowest BCUT2D eigenvalue weighted by Crippen LogP contribution is -2.44. The number of nitrogens with zero attached hydrogens (tertiary/aromatic N) is 1. The topological polar surface area (TPSA) is 92.8 Å². The fraction of sp³-hybridized carbons (Fsp3) is 0.565. The van der Waals surface area contributed by atoms with Crippen molar-refractivity contribution in [2.24, 2.45) is 5.92 Å². The van der Waals surface area contributed by atoms with Crippen LogP contribution in [0.3, 0.4) is 0 Å². The first kappa shape index (κ1) is 25.8. The Bertz CT molecular complexity index is 973. The standard InChI is InChI=1S/C23H33FN2O5S/c1-16(2)14-31-20-13-18(9-10-19(20)24)17(3)15-32(29,30)12-8-6-7-11-26-22(28)25-21(27)23(26,4)5/h6-7,9-10,13,16-17H,8,11-12,14-15H2,1-5H3,(H,25,27,28)/b7-6+/t17-/m0/s1. The van der Waals surface area contributed by atoms with Crippen LogP contribution in [0.2, 0.25) is 0 Å². The number of rotatable bonds is 11. The van der Waals surface area contributed by atoms with Crippen molar-refractivity contribution in [1.29, 1.82) is 0 Å². The van der Waals surface area contributed by atoms with E-state index in [-0.39, 0.29) is 41.5 Å². The molecule has 3 amide bonds. The highest BCUT2D eigenvalue weighted by molar-refractivity contribution is 7.91. The highest BCUT2D eigenvalue weighted by Crippen LogP contribution is 2.26. The summed E-state index contributed by atoms with van der Waals surface area (Å²) in [6, 6.07) is 4.00. The van der Waals surface area contributed by atoms with Crippen molar-refractivity contribution in [1.82, 2.24) is 10.2 Å². The van der Waals surface area contributed by atoms with E-state index < -0.39 is 27.2 Å². The van der Waals surface area contributed by atoms with Crippen molar-refractivity contribution in [3.05, 3.63) is 41.7 Å². The smallest absolute Gasteiger partial charge is 0.325 e. The first-order valence-electron chi connectivity index (χ1n) is 10.7. The monoisotopic (exact) mass is 468 g/mol. The molecule has 2 rings (SSSR count). The third kappa shape index (κ3) is 6.79. The zero-order chi connectivity index (χ0) is 24.1. The van der Waals surface area contributed by atoms with Gasteiger partial charge in [0.2, 0.25) is 0 Å². The Hall–Kier alpha value is -2.42. The number of carbonyl (C=O) groups excluding carboxylic acids is 2. The zero-order valence-electron chi connectivity index (χ0n) is 19.4. The fourth-order valence-electron chi connectivity index (χ4n) is 3.30. The van der Waals surface area contributed by atoms with E-state index in [1.807, 2.05) is 13.8 Å². The summed E-state index contributed by atoms with van der Waals surface area (Å²) in [6.45, 7) is 9.62. The molecule has 1 aliphatic heterocycles. The molecular weight excluding hydrogens is 435 g/mol. The van der Waals surface area contributed by atoms with Gasteiger partial charge < -0.3 is 9.64 Å². The van der Waals surface area contributed by atoms with Crippen molar-refractivity contribution in [3.63, 3.8) is 0 Å². The quantitative estimate of drug-likeness (QED) is 0.395. The van der Waals surface area contributed by atoms with Crippen LogP contribution < -0.4 is 10.1 Å². The maximum atomic E-state index is 14.0. The van der Waals surface area contributed by atoms with E-state index in [4.69, 9.17) is 4.74 Å². The van der Waals surface area contributed by atoms with Crippen LogP contribution in [-0.4, -0.2) is 55.5 Å². The number of allylic oxidation sites excluding steroid dienone is 1. The molecule has 9 heteroatoms. The van der Waals surface area contributed by atoms with Crippen LogP contribution in [0.15, 0.2) is 30.4 Å². The summed E-state index contributed by atoms with van der Waals surface area (Å²) in [4.78, 5) is 25.0. The van der Waals surface area contributed by atoms with Gasteiger partial charge in [-0.15, -0.1) is 0 Å². The van der Waals surface area contributed by atoms with E-state index in [1.54, 1.807) is 45.1 Å². The van der Waals surface area contributed by atoms with E-state index >= 15 is 0 Å². The lowest BCUT2D eigenvalue weighted by atomic mass is 10.0. The van der Waals surface area contributed by atoms with Gasteiger partial charge in [-0.2, -0.15) is 0 Å². The zero-order valence-corrected chi connectivity index (χ0v) is 20.2. The number of hydrogen-bond donors (Lipinski definition) is 1. The molecule has 0 saturated carbocycles. The molecule has 32 heavy (non-hydrogen) atoms. The third-order valence-electron chi connectivity index (χ3n) is 5.35. The van der Waals surface area contributed by atoms with Gasteiger partial charge >= 0.3 is 6.03 Å². The van der Waals surface area contributed by atoms with Gasteiger partial charge in [0.25, 0.3) is 5.91 Å². The average molecular weight is 469 g/mol. The molecule has 1 atom stereocenters. The summed E-state index contributed by atoms with van der Waals surface area (Å²) in [5, 5.41) is 2.27. The lowest BCUT2D eigenvalue weighted by molar-refractivity contribution is -0.124. The molecule has 178 valence electrons. The molecule has 0 aromatic heterocycles. The molecular formula is C23H33FN2O5S. The van der Waals surface area contributed by atoms with Crippen molar-refractivity contribution in [3.8, 4) is 5.75 Å². The average Bonchev–Trinajstić information content (AvgIpc) is 2.87. The molecule has 1 fully saturated rings. The molecule has 0 bridgehead atoms. The van der Waals surface area contributed by atoms with Gasteiger partial charge in [-0.25, -0.2) is 17.6 Å². The number of urea groups is 1. The van der Waals surface area contributed by atoms with Gasteiger partial charge in [-0.1, -0.05) is 39.0 Å². The van der Waals surface area contributed by atoms with Gasteiger partial charge in [0.15, 0.2) is 21.4 Å². The van der Waals surface area contributed by atoms with E-state index in [2.05, 4.69) is 5.32 Å². The second kappa shape index (κ2) is 10.5. The SMILES string of the molecule is CC(C)COc1cc([C@@H](C)CS(=O)(=O)CC/C=C/CN2C(=O)NC(=O)C2(C)C)ccc1F. The Morgan fingerprint density at radius 3 is 2.47 bits per heavy atom. The normalized spacial score (nSPS) is 17.3. The molecule has 1 aliphatic rings. The molecule has 0 radical (unpaired) electrons. The molecule has 0 spiro atoms. The molecule has 7 nitrogen and oxygen atoms in total. The third-order valence-corrected chi connectivity index (χ3v) is 7.21. The van der Waals surface area contributed by atoms with Crippen molar-refractivity contribution in [2.45, 2.75) is 52.5 Å². The summed E-state index contributed by atoms with van der Waals surface area (Å²) in [5.41, 5.74) is -0.230. The number of carbonyl (C=O) groups is 2. The summed E-state index contributed by atoms with van der Waals surface area (Å²) in [6.07, 6.45) is 3.69. The first-order valence-corrected chi connectivity index (χ1v) is 12.6. The summed E-state index contributed by atoms with van der Waals surface area (Å²) in [7, 11) is -3.35. The van der Waals surface area contributed by atoms with Gasteiger partial charge in [-0.3, -0.25) is 10.1 Å². The maximum absolute atomic E-state index is 14.0. The Labute approximate surface area is 189 Å². The molecule has 1 aromatic rings. The van der Waals surface area contributed by atoms with Crippen molar-refractivity contribution < 1.29 is 27.1 Å². The van der Waals surface area contributed by atoms with Crippen LogP contribution in [-0.2, 0) is 14.6 Å². The molecule has 1 N–H and O–H groups in total. The van der Waals surface area contributed by atoms with Crippen LogP contribution >= 0.6 is 0 Å². The Balaban J connectivity index is 1.89. The Morgan fingerprint density at radius 1 is 1.19 bits per heavy atom. The van der Waals surface area contributed by atoms with E-state index in [1.165, 1.54) is 11.0 Å². The van der Waals surface area contributed by atoms with Crippen LogP contribution in [0.5, 0.6) is 5.75 Å². The Kier molecular flexibility index (Phi) is 8.45. The number of amides is 3. The van der Waals surface area contributed by atoms with Gasteiger partial charge in [0.05, 0.1) is 18.1 Å². The Morgan fingerprint density at radius 2 is 1.88 bits per heavy atom. The van der Waals surface area contributed by atoms with Crippen LogP contribution in [0, 0.1) is 11.7 Å². The minimum Gasteiger partial charge on any atom is -0.490 e. The maximum Gasteiger partial charge on any atom is 0.325 e. The first-order chi connectivity index (χ1) is 14.8. The second-order valence-electron chi connectivity index (χ2n) is 9.10. The fourth-order valence-corrected chi connectivity index (χ4v) is 4.92. The molecule has 1 saturated heterocycles. The number of nitrogens with one attached hydrogen (secondary N) is 1. The minimum absolute atomic E-state index is 0.0414. The van der Waals surface area contributed by atoms with Gasteiger partial charge in [-0.05, 0) is 49.8 Å². The van der Waals surface area contributed by atoms with Crippen LogP contribution in [0.4, 0.5) is 9.18 Å². The predicted octanol–water partition coefficient (Wildman–Crippen LogP) is 3.66. The lowest BCUT2D eigenvalue weighted by Gasteiger charge is -2.26. The number of sulfone groups is 1. The number of imide groups is 1. The largest absolute Gasteiger partial charge is 0.490 e. The van der Waals surface area contributed by atoms with E-state index in [0.29, 0.717) is 18.6 Å².